The van der Waals surface area contributed by atoms with Gasteiger partial charge in [0.05, 0.1) is 21.9 Å². The van der Waals surface area contributed by atoms with Crippen LogP contribution in [0.2, 0.25) is 5.02 Å². The lowest BCUT2D eigenvalue weighted by Gasteiger charge is -2.08. The van der Waals surface area contributed by atoms with Crippen LogP contribution in [-0.2, 0) is 6.42 Å². The van der Waals surface area contributed by atoms with E-state index in [0.717, 1.165) is 41.7 Å². The SMILES string of the molecule is Cc1ccc2c(Cl)cc(-c3ccc(CCCN(C)S)cn3)nc2c1. The molecule has 124 valence electrons. The van der Waals surface area contributed by atoms with Crippen molar-refractivity contribution in [2.24, 2.45) is 0 Å². The number of hydrogen-bond acceptors (Lipinski definition) is 4. The largest absolute Gasteiger partial charge is 0.256 e. The zero-order chi connectivity index (χ0) is 17.1. The average molecular weight is 358 g/mol. The molecule has 3 rings (SSSR count). The van der Waals surface area contributed by atoms with Crippen molar-refractivity contribution in [2.45, 2.75) is 19.8 Å². The molecule has 0 aliphatic heterocycles. The zero-order valence-corrected chi connectivity index (χ0v) is 15.5. The number of pyridine rings is 2. The van der Waals surface area contributed by atoms with Crippen molar-refractivity contribution < 1.29 is 0 Å². The summed E-state index contributed by atoms with van der Waals surface area (Å²) in [5, 5.41) is 1.68. The second-order valence-corrected chi connectivity index (χ2v) is 7.14. The van der Waals surface area contributed by atoms with Gasteiger partial charge in [-0.1, -0.05) is 42.6 Å². The highest BCUT2D eigenvalue weighted by Crippen LogP contribution is 2.28. The molecule has 0 aliphatic carbocycles. The molecule has 0 aliphatic rings. The number of thiol groups is 1. The van der Waals surface area contributed by atoms with Gasteiger partial charge in [0, 0.05) is 18.1 Å². The predicted molar refractivity (Wildman–Crippen MR) is 105 cm³/mol. The molecule has 5 heteroatoms. The molecule has 3 nitrogen and oxygen atoms in total. The molecule has 24 heavy (non-hydrogen) atoms. The summed E-state index contributed by atoms with van der Waals surface area (Å²) >= 11 is 10.7. The number of halogens is 1. The molecular weight excluding hydrogens is 338 g/mol. The summed E-state index contributed by atoms with van der Waals surface area (Å²) in [6.45, 7) is 3.00. The van der Waals surface area contributed by atoms with Gasteiger partial charge in [-0.25, -0.2) is 4.98 Å². The van der Waals surface area contributed by atoms with Crippen molar-refractivity contribution in [1.29, 1.82) is 0 Å². The van der Waals surface area contributed by atoms with E-state index < -0.39 is 0 Å². The number of nitrogens with zero attached hydrogens (tertiary/aromatic N) is 3. The van der Waals surface area contributed by atoms with Crippen LogP contribution in [0, 0.1) is 6.92 Å². The summed E-state index contributed by atoms with van der Waals surface area (Å²) in [6.07, 6.45) is 3.97. The van der Waals surface area contributed by atoms with Crippen molar-refractivity contribution in [2.75, 3.05) is 13.6 Å². The molecule has 2 aromatic heterocycles. The first kappa shape index (κ1) is 17.2. The summed E-state index contributed by atoms with van der Waals surface area (Å²) in [5.41, 5.74) is 4.94. The van der Waals surface area contributed by atoms with Gasteiger partial charge in [0.1, 0.15) is 0 Å². The maximum absolute atomic E-state index is 6.41. The molecule has 0 fully saturated rings. The van der Waals surface area contributed by atoms with E-state index in [4.69, 9.17) is 16.6 Å². The van der Waals surface area contributed by atoms with E-state index in [0.29, 0.717) is 5.02 Å². The maximum Gasteiger partial charge on any atom is 0.0908 e. The fourth-order valence-corrected chi connectivity index (χ4v) is 3.07. The summed E-state index contributed by atoms with van der Waals surface area (Å²) in [4.78, 5) is 9.28. The molecule has 3 aromatic rings. The molecule has 0 amide bonds. The maximum atomic E-state index is 6.41. The van der Waals surface area contributed by atoms with Crippen molar-refractivity contribution in [3.05, 3.63) is 58.7 Å². The number of hydrogen-bond donors (Lipinski definition) is 1. The molecule has 0 bridgehead atoms. The van der Waals surface area contributed by atoms with Crippen LogP contribution in [0.25, 0.3) is 22.3 Å². The third-order valence-electron chi connectivity index (χ3n) is 3.95. The minimum absolute atomic E-state index is 0.706. The summed E-state index contributed by atoms with van der Waals surface area (Å²) in [7, 11) is 1.96. The summed E-state index contributed by atoms with van der Waals surface area (Å²) in [6, 6.07) is 12.1. The van der Waals surface area contributed by atoms with E-state index in [-0.39, 0.29) is 0 Å². The topological polar surface area (TPSA) is 29.0 Å². The Morgan fingerprint density at radius 3 is 2.67 bits per heavy atom. The van der Waals surface area contributed by atoms with E-state index in [1.54, 1.807) is 0 Å². The van der Waals surface area contributed by atoms with Gasteiger partial charge in [-0.2, -0.15) is 0 Å². The van der Waals surface area contributed by atoms with Crippen LogP contribution in [-0.4, -0.2) is 27.9 Å². The quantitative estimate of drug-likeness (QED) is 0.654. The minimum Gasteiger partial charge on any atom is -0.256 e. The smallest absolute Gasteiger partial charge is 0.0908 e. The van der Waals surface area contributed by atoms with Gasteiger partial charge in [0.15, 0.2) is 0 Å². The van der Waals surface area contributed by atoms with Gasteiger partial charge in [0.25, 0.3) is 0 Å². The number of aryl methyl sites for hydroxylation is 2. The molecule has 0 atom stereocenters. The van der Waals surface area contributed by atoms with Crippen molar-refractivity contribution in [3.63, 3.8) is 0 Å². The minimum atomic E-state index is 0.706. The van der Waals surface area contributed by atoms with E-state index in [2.05, 4.69) is 30.8 Å². The Morgan fingerprint density at radius 1 is 1.12 bits per heavy atom. The van der Waals surface area contributed by atoms with Crippen LogP contribution < -0.4 is 0 Å². The lowest BCUT2D eigenvalue weighted by Crippen LogP contribution is -2.07. The second kappa shape index (κ2) is 7.51. The van der Waals surface area contributed by atoms with Crippen LogP contribution in [0.15, 0.2) is 42.6 Å². The second-order valence-electron chi connectivity index (χ2n) is 6.05. The van der Waals surface area contributed by atoms with E-state index in [1.165, 1.54) is 11.1 Å². The normalized spacial score (nSPS) is 11.4. The van der Waals surface area contributed by atoms with Gasteiger partial charge in [-0.3, -0.25) is 9.29 Å². The number of aromatic nitrogens is 2. The van der Waals surface area contributed by atoms with E-state index >= 15 is 0 Å². The van der Waals surface area contributed by atoms with Crippen molar-refractivity contribution in [1.82, 2.24) is 14.3 Å². The molecule has 0 radical (unpaired) electrons. The first-order valence-electron chi connectivity index (χ1n) is 7.95. The number of benzene rings is 1. The lowest BCUT2D eigenvalue weighted by atomic mass is 10.1. The monoisotopic (exact) mass is 357 g/mol. The fraction of sp³-hybridized carbons (Fsp3) is 0.263. The Labute approximate surface area is 153 Å². The Bertz CT molecular complexity index is 847. The van der Waals surface area contributed by atoms with Crippen molar-refractivity contribution in [3.8, 4) is 11.4 Å². The highest BCUT2D eigenvalue weighted by atomic mass is 35.5. The Morgan fingerprint density at radius 2 is 1.96 bits per heavy atom. The predicted octanol–water partition coefficient (Wildman–Crippen LogP) is 4.97. The van der Waals surface area contributed by atoms with Crippen LogP contribution in [0.3, 0.4) is 0 Å². The zero-order valence-electron chi connectivity index (χ0n) is 13.8. The third kappa shape index (κ3) is 4.07. The van der Waals surface area contributed by atoms with Gasteiger partial charge >= 0.3 is 0 Å². The summed E-state index contributed by atoms with van der Waals surface area (Å²) < 4.78 is 1.89. The molecule has 1 aromatic carbocycles. The molecule has 0 saturated carbocycles. The van der Waals surface area contributed by atoms with Crippen LogP contribution in [0.1, 0.15) is 17.5 Å². The van der Waals surface area contributed by atoms with Gasteiger partial charge in [-0.05, 0) is 56.1 Å². The fourth-order valence-electron chi connectivity index (χ4n) is 2.66. The van der Waals surface area contributed by atoms with Crippen molar-refractivity contribution >= 4 is 35.3 Å². The third-order valence-corrected chi connectivity index (χ3v) is 4.46. The molecule has 2 heterocycles. The highest BCUT2D eigenvalue weighted by Gasteiger charge is 2.08. The van der Waals surface area contributed by atoms with E-state index in [9.17, 15) is 0 Å². The van der Waals surface area contributed by atoms with Crippen LogP contribution >= 0.6 is 24.4 Å². The average Bonchev–Trinajstić information content (AvgIpc) is 2.54. The van der Waals surface area contributed by atoms with E-state index in [1.807, 2.05) is 47.9 Å². The molecular formula is C19H20ClN3S. The van der Waals surface area contributed by atoms with Gasteiger partial charge in [0.2, 0.25) is 0 Å². The van der Waals surface area contributed by atoms with Gasteiger partial charge < -0.3 is 0 Å². The molecule has 0 unspecified atom stereocenters. The van der Waals surface area contributed by atoms with Gasteiger partial charge in [-0.15, -0.1) is 0 Å². The Hall–Kier alpha value is -1.62. The first-order valence-corrected chi connectivity index (χ1v) is 8.73. The highest BCUT2D eigenvalue weighted by molar-refractivity contribution is 7.77. The first-order chi connectivity index (χ1) is 11.5. The molecule has 0 N–H and O–H groups in total. The lowest BCUT2D eigenvalue weighted by molar-refractivity contribution is 0.548. The molecule has 0 saturated heterocycles. The number of rotatable bonds is 5. The summed E-state index contributed by atoms with van der Waals surface area (Å²) in [5.74, 6) is 0. The van der Waals surface area contributed by atoms with Crippen LogP contribution in [0.5, 0.6) is 0 Å². The standard InChI is InChI=1S/C19H20ClN3S/c1-13-5-7-15-16(20)11-19(22-18(15)10-13)17-8-6-14(12-21-17)4-3-9-23(2)24/h5-8,10-12,24H,3-4,9H2,1-2H3. The Balaban J connectivity index is 1.85. The number of fused-ring (bicyclic) bond motifs is 1. The Kier molecular flexibility index (Phi) is 5.39. The van der Waals surface area contributed by atoms with Crippen LogP contribution in [0.4, 0.5) is 0 Å². The molecule has 0 spiro atoms.